The van der Waals surface area contributed by atoms with Gasteiger partial charge in [-0.1, -0.05) is 48.9 Å². The van der Waals surface area contributed by atoms with Crippen molar-refractivity contribution in [2.75, 3.05) is 6.61 Å². The first kappa shape index (κ1) is 15.1. The molecule has 1 aromatic carbocycles. The molecule has 122 valence electrons. The molecule has 3 nitrogen and oxygen atoms in total. The Balaban J connectivity index is 1.62. The lowest BCUT2D eigenvalue weighted by Gasteiger charge is -2.57. The van der Waals surface area contributed by atoms with E-state index in [1.807, 2.05) is 18.2 Å². The van der Waals surface area contributed by atoms with Crippen LogP contribution in [0.15, 0.2) is 42.5 Å². The monoisotopic (exact) mass is 312 g/mol. The third-order valence-corrected chi connectivity index (χ3v) is 6.23. The van der Waals surface area contributed by atoms with Crippen LogP contribution in [0.4, 0.5) is 0 Å². The van der Waals surface area contributed by atoms with Crippen LogP contribution in [0.1, 0.15) is 31.2 Å². The number of carbonyl (C=O) groups is 1. The number of Topliss-reactive ketones (excluding diaryl/α,β-unsaturated/α-hetero) is 1. The van der Waals surface area contributed by atoms with Crippen molar-refractivity contribution >= 4 is 5.78 Å². The Labute approximate surface area is 137 Å². The van der Waals surface area contributed by atoms with Gasteiger partial charge in [-0.2, -0.15) is 0 Å². The zero-order valence-corrected chi connectivity index (χ0v) is 13.4. The highest BCUT2D eigenvalue weighted by Crippen LogP contribution is 2.58. The molecule has 0 heterocycles. The fraction of sp³-hybridized carbons (Fsp3) is 0.550. The highest BCUT2D eigenvalue weighted by molar-refractivity contribution is 5.88. The smallest absolute Gasteiger partial charge is 0.146 e. The Morgan fingerprint density at radius 2 is 2.04 bits per heavy atom. The largest absolute Gasteiger partial charge is 0.396 e. The third-order valence-electron chi connectivity index (χ3n) is 6.23. The molecule has 0 radical (unpaired) electrons. The molecule has 5 atom stereocenters. The van der Waals surface area contributed by atoms with Crippen LogP contribution >= 0.6 is 0 Å². The van der Waals surface area contributed by atoms with E-state index in [1.54, 1.807) is 0 Å². The first-order valence-electron chi connectivity index (χ1n) is 8.75. The van der Waals surface area contributed by atoms with Gasteiger partial charge in [0.15, 0.2) is 0 Å². The summed E-state index contributed by atoms with van der Waals surface area (Å²) in [5.41, 5.74) is 0.875. The third kappa shape index (κ3) is 2.29. The van der Waals surface area contributed by atoms with E-state index >= 15 is 0 Å². The van der Waals surface area contributed by atoms with Gasteiger partial charge in [-0.05, 0) is 30.7 Å². The highest BCUT2D eigenvalue weighted by atomic mass is 16.5. The number of aliphatic hydroxyl groups is 1. The molecular formula is C20H24O3. The highest BCUT2D eigenvalue weighted by Gasteiger charge is 2.60. The summed E-state index contributed by atoms with van der Waals surface area (Å²) < 4.78 is 6.32. The lowest BCUT2D eigenvalue weighted by atomic mass is 9.48. The van der Waals surface area contributed by atoms with Gasteiger partial charge in [0.25, 0.3) is 0 Å². The normalized spacial score (nSPS) is 38.6. The summed E-state index contributed by atoms with van der Waals surface area (Å²) in [6.07, 6.45) is 8.55. The number of aliphatic hydroxyl groups excluding tert-OH is 1. The summed E-state index contributed by atoms with van der Waals surface area (Å²) in [6, 6.07) is 10.2. The fourth-order valence-electron chi connectivity index (χ4n) is 5.13. The molecule has 4 aliphatic carbocycles. The van der Waals surface area contributed by atoms with Crippen LogP contribution in [0.25, 0.3) is 0 Å². The van der Waals surface area contributed by atoms with Gasteiger partial charge in [0.05, 0.1) is 25.2 Å². The van der Waals surface area contributed by atoms with Crippen molar-refractivity contribution < 1.29 is 14.6 Å². The van der Waals surface area contributed by atoms with Crippen LogP contribution in [0.3, 0.4) is 0 Å². The Bertz CT molecular complexity index is 609. The molecule has 0 amide bonds. The van der Waals surface area contributed by atoms with Gasteiger partial charge >= 0.3 is 0 Å². The molecule has 2 saturated carbocycles. The Hall–Kier alpha value is -1.45. The second-order valence-electron chi connectivity index (χ2n) is 7.25. The average molecular weight is 312 g/mol. The molecule has 4 aliphatic rings. The Morgan fingerprint density at radius 3 is 2.83 bits per heavy atom. The van der Waals surface area contributed by atoms with E-state index in [4.69, 9.17) is 4.74 Å². The lowest BCUT2D eigenvalue weighted by molar-refractivity contribution is -0.165. The zero-order chi connectivity index (χ0) is 15.9. The summed E-state index contributed by atoms with van der Waals surface area (Å²) in [7, 11) is 0. The molecule has 2 bridgehead atoms. The molecule has 0 aliphatic heterocycles. The molecule has 1 N–H and O–H groups in total. The maximum absolute atomic E-state index is 12.6. The van der Waals surface area contributed by atoms with Crippen molar-refractivity contribution in [1.29, 1.82) is 0 Å². The zero-order valence-electron chi connectivity index (χ0n) is 13.4. The van der Waals surface area contributed by atoms with E-state index in [-0.39, 0.29) is 35.7 Å². The number of ketones is 1. The second kappa shape index (κ2) is 5.88. The van der Waals surface area contributed by atoms with E-state index in [2.05, 4.69) is 24.3 Å². The number of rotatable bonds is 4. The molecule has 2 fully saturated rings. The minimum atomic E-state index is -0.284. The number of carbonyl (C=O) groups excluding carboxylic acids is 1. The maximum atomic E-state index is 12.6. The van der Waals surface area contributed by atoms with Crippen LogP contribution < -0.4 is 0 Å². The molecule has 0 aromatic heterocycles. The topological polar surface area (TPSA) is 46.5 Å². The van der Waals surface area contributed by atoms with E-state index in [1.165, 1.54) is 0 Å². The molecular weight excluding hydrogens is 288 g/mol. The van der Waals surface area contributed by atoms with Gasteiger partial charge in [0.2, 0.25) is 0 Å². The summed E-state index contributed by atoms with van der Waals surface area (Å²) in [5.74, 6) is 0.438. The molecule has 3 heteroatoms. The quantitative estimate of drug-likeness (QED) is 0.869. The van der Waals surface area contributed by atoms with Crippen molar-refractivity contribution in [3.05, 3.63) is 48.0 Å². The van der Waals surface area contributed by atoms with Crippen molar-refractivity contribution in [2.45, 2.75) is 38.4 Å². The molecule has 5 rings (SSSR count). The average Bonchev–Trinajstić information content (AvgIpc) is 2.60. The van der Waals surface area contributed by atoms with E-state index in [0.29, 0.717) is 12.5 Å². The number of ether oxygens (including phenoxy) is 1. The molecule has 1 aromatic rings. The number of hydrogen-bond acceptors (Lipinski definition) is 3. The predicted molar refractivity (Wildman–Crippen MR) is 87.6 cm³/mol. The lowest BCUT2D eigenvalue weighted by Crippen LogP contribution is -2.60. The summed E-state index contributed by atoms with van der Waals surface area (Å²) in [5, 5.41) is 9.91. The minimum Gasteiger partial charge on any atom is -0.396 e. The van der Waals surface area contributed by atoms with Gasteiger partial charge in [-0.3, -0.25) is 4.79 Å². The first-order valence-corrected chi connectivity index (χ1v) is 8.75. The number of hydrogen-bond donors (Lipinski definition) is 1. The summed E-state index contributed by atoms with van der Waals surface area (Å²) >= 11 is 0. The van der Waals surface area contributed by atoms with Gasteiger partial charge in [-0.15, -0.1) is 0 Å². The maximum Gasteiger partial charge on any atom is 0.146 e. The van der Waals surface area contributed by atoms with E-state index in [9.17, 15) is 9.90 Å². The van der Waals surface area contributed by atoms with Gasteiger partial charge in [0.1, 0.15) is 5.78 Å². The fourth-order valence-corrected chi connectivity index (χ4v) is 5.13. The summed E-state index contributed by atoms with van der Waals surface area (Å²) in [4.78, 5) is 12.6. The Kier molecular flexibility index (Phi) is 3.86. The molecule has 1 unspecified atom stereocenters. The van der Waals surface area contributed by atoms with Crippen molar-refractivity contribution in [1.82, 2.24) is 0 Å². The number of benzene rings is 1. The van der Waals surface area contributed by atoms with Crippen LogP contribution in [0.5, 0.6) is 0 Å². The second-order valence-corrected chi connectivity index (χ2v) is 7.25. The number of allylic oxidation sites excluding steroid dienone is 1. The SMILES string of the molecule is O=C1C(CO)[C@]23C=C[C@H]1C[C@H]2CCC[C@@H]3OCc1ccccc1. The standard InChI is InChI=1S/C20H24O3/c21-12-17-19(22)15-9-10-20(17)16(11-15)7-4-8-18(20)23-13-14-5-2-1-3-6-14/h1-3,5-6,9-10,15-18,21H,4,7-8,11-13H2/t15-,16+,17?,18-,20-/m0/s1. The Morgan fingerprint density at radius 1 is 1.22 bits per heavy atom. The first-order chi connectivity index (χ1) is 11.3. The van der Waals surface area contributed by atoms with Gasteiger partial charge < -0.3 is 9.84 Å². The van der Waals surface area contributed by atoms with E-state index in [0.717, 1.165) is 31.2 Å². The van der Waals surface area contributed by atoms with Crippen LogP contribution in [0, 0.1) is 23.2 Å². The summed E-state index contributed by atoms with van der Waals surface area (Å²) in [6.45, 7) is 0.519. The predicted octanol–water partition coefficient (Wildman–Crippen LogP) is 3.13. The molecule has 1 spiro atoms. The van der Waals surface area contributed by atoms with Crippen molar-refractivity contribution in [2.24, 2.45) is 23.2 Å². The van der Waals surface area contributed by atoms with Crippen LogP contribution in [-0.2, 0) is 16.1 Å². The molecule has 23 heavy (non-hydrogen) atoms. The minimum absolute atomic E-state index is 0.0203. The number of fused-ring (bicyclic) bond motifs is 1. The van der Waals surface area contributed by atoms with Crippen LogP contribution in [-0.4, -0.2) is 23.6 Å². The van der Waals surface area contributed by atoms with Crippen LogP contribution in [0.2, 0.25) is 0 Å². The van der Waals surface area contributed by atoms with Gasteiger partial charge in [-0.25, -0.2) is 0 Å². The van der Waals surface area contributed by atoms with Crippen molar-refractivity contribution in [3.63, 3.8) is 0 Å². The molecule has 0 saturated heterocycles. The van der Waals surface area contributed by atoms with Gasteiger partial charge in [0, 0.05) is 11.3 Å². The van der Waals surface area contributed by atoms with E-state index < -0.39 is 0 Å². The van der Waals surface area contributed by atoms with Crippen molar-refractivity contribution in [3.8, 4) is 0 Å².